The fraction of sp³-hybridized carbons (Fsp3) is 0.650. The van der Waals surface area contributed by atoms with Crippen LogP contribution in [0.15, 0.2) is 24.5 Å². The van der Waals surface area contributed by atoms with Crippen LogP contribution in [0.25, 0.3) is 0 Å². The summed E-state index contributed by atoms with van der Waals surface area (Å²) in [7, 11) is 1.78. The van der Waals surface area contributed by atoms with E-state index in [0.29, 0.717) is 18.9 Å². The fourth-order valence-electron chi connectivity index (χ4n) is 3.12. The lowest BCUT2D eigenvalue weighted by Gasteiger charge is -2.34. The number of amides is 2. The Balaban J connectivity index is 1.71. The van der Waals surface area contributed by atoms with E-state index in [1.165, 1.54) is 0 Å². The van der Waals surface area contributed by atoms with Crippen molar-refractivity contribution in [1.29, 1.82) is 0 Å². The second kappa shape index (κ2) is 9.01. The molecule has 1 aromatic rings. The molecule has 0 aromatic carbocycles. The first kappa shape index (κ1) is 20.2. The highest BCUT2D eigenvalue weighted by molar-refractivity contribution is 5.76. The van der Waals surface area contributed by atoms with Crippen LogP contribution in [0.1, 0.15) is 45.6 Å². The van der Waals surface area contributed by atoms with Gasteiger partial charge >= 0.3 is 6.09 Å². The minimum absolute atomic E-state index is 0.202. The van der Waals surface area contributed by atoms with Crippen LogP contribution in [0.3, 0.4) is 0 Å². The zero-order valence-corrected chi connectivity index (χ0v) is 16.4. The van der Waals surface area contributed by atoms with Gasteiger partial charge in [-0.3, -0.25) is 9.78 Å². The molecule has 0 radical (unpaired) electrons. The van der Waals surface area contributed by atoms with E-state index in [1.54, 1.807) is 18.1 Å². The van der Waals surface area contributed by atoms with E-state index in [4.69, 9.17) is 4.74 Å². The SMILES string of the molecule is CN(CC1CCN(C(=O)CCc2cccnc2)CC1)C(=O)OC(C)(C)C. The lowest BCUT2D eigenvalue weighted by atomic mass is 9.96. The molecule has 2 amide bonds. The molecule has 0 unspecified atom stereocenters. The maximum atomic E-state index is 12.4. The Labute approximate surface area is 156 Å². The van der Waals surface area contributed by atoms with Gasteiger partial charge in [0, 0.05) is 45.5 Å². The summed E-state index contributed by atoms with van der Waals surface area (Å²) in [4.78, 5) is 32.1. The van der Waals surface area contributed by atoms with Gasteiger partial charge in [0.15, 0.2) is 0 Å². The minimum atomic E-state index is -0.477. The van der Waals surface area contributed by atoms with Gasteiger partial charge in [0.25, 0.3) is 0 Å². The highest BCUT2D eigenvalue weighted by atomic mass is 16.6. The summed E-state index contributed by atoms with van der Waals surface area (Å²) >= 11 is 0. The van der Waals surface area contributed by atoms with Crippen molar-refractivity contribution in [2.45, 2.75) is 52.1 Å². The smallest absolute Gasteiger partial charge is 0.410 e. The van der Waals surface area contributed by atoms with Gasteiger partial charge in [0.05, 0.1) is 0 Å². The molecule has 0 N–H and O–H groups in total. The van der Waals surface area contributed by atoms with E-state index < -0.39 is 5.60 Å². The van der Waals surface area contributed by atoms with E-state index in [9.17, 15) is 9.59 Å². The number of aryl methyl sites for hydroxylation is 1. The Morgan fingerprint density at radius 3 is 2.58 bits per heavy atom. The topological polar surface area (TPSA) is 62.7 Å². The molecule has 0 spiro atoms. The summed E-state index contributed by atoms with van der Waals surface area (Å²) in [5.74, 6) is 0.614. The quantitative estimate of drug-likeness (QED) is 0.808. The first-order chi connectivity index (χ1) is 12.2. The summed E-state index contributed by atoms with van der Waals surface area (Å²) in [6.45, 7) is 7.81. The van der Waals surface area contributed by atoms with Crippen molar-refractivity contribution in [3.05, 3.63) is 30.1 Å². The van der Waals surface area contributed by atoms with Crippen LogP contribution in [0.4, 0.5) is 4.79 Å². The van der Waals surface area contributed by atoms with Crippen LogP contribution in [0.2, 0.25) is 0 Å². The molecule has 1 aliphatic rings. The van der Waals surface area contributed by atoms with Crippen molar-refractivity contribution in [3.63, 3.8) is 0 Å². The van der Waals surface area contributed by atoms with Gasteiger partial charge in [-0.05, 0) is 57.6 Å². The van der Waals surface area contributed by atoms with Gasteiger partial charge in [0.2, 0.25) is 5.91 Å². The zero-order chi connectivity index (χ0) is 19.2. The van der Waals surface area contributed by atoms with Crippen LogP contribution >= 0.6 is 0 Å². The monoisotopic (exact) mass is 361 g/mol. The Hall–Kier alpha value is -2.11. The van der Waals surface area contributed by atoms with Crippen molar-refractivity contribution in [3.8, 4) is 0 Å². The highest BCUT2D eigenvalue weighted by Gasteiger charge is 2.26. The third kappa shape index (κ3) is 6.65. The Bertz CT molecular complexity index is 590. The number of nitrogens with zero attached hydrogens (tertiary/aromatic N) is 3. The Kier molecular flexibility index (Phi) is 7.00. The number of hydrogen-bond donors (Lipinski definition) is 0. The summed E-state index contributed by atoms with van der Waals surface area (Å²) < 4.78 is 5.39. The summed E-state index contributed by atoms with van der Waals surface area (Å²) in [6.07, 6.45) is 6.36. The van der Waals surface area contributed by atoms with Gasteiger partial charge in [-0.15, -0.1) is 0 Å². The molecule has 0 bridgehead atoms. The number of aromatic nitrogens is 1. The lowest BCUT2D eigenvalue weighted by Crippen LogP contribution is -2.43. The number of carbonyl (C=O) groups excluding carboxylic acids is 2. The highest BCUT2D eigenvalue weighted by Crippen LogP contribution is 2.20. The molecule has 1 aliphatic heterocycles. The first-order valence-corrected chi connectivity index (χ1v) is 9.35. The van der Waals surface area contributed by atoms with Crippen LogP contribution in [-0.4, -0.2) is 59.1 Å². The molecule has 144 valence electrons. The van der Waals surface area contributed by atoms with Crippen molar-refractivity contribution in [2.75, 3.05) is 26.7 Å². The molecular formula is C20H31N3O3. The van der Waals surface area contributed by atoms with E-state index in [-0.39, 0.29) is 12.0 Å². The van der Waals surface area contributed by atoms with Gasteiger partial charge < -0.3 is 14.5 Å². The number of piperidine rings is 1. The summed E-state index contributed by atoms with van der Waals surface area (Å²) in [5, 5.41) is 0. The van der Waals surface area contributed by atoms with E-state index in [2.05, 4.69) is 4.98 Å². The molecular weight excluding hydrogens is 330 g/mol. The maximum absolute atomic E-state index is 12.4. The predicted molar refractivity (Wildman–Crippen MR) is 101 cm³/mol. The molecule has 6 heteroatoms. The van der Waals surface area contributed by atoms with Gasteiger partial charge in [0.1, 0.15) is 5.60 Å². The van der Waals surface area contributed by atoms with Crippen molar-refractivity contribution < 1.29 is 14.3 Å². The third-order valence-electron chi connectivity index (χ3n) is 4.55. The van der Waals surface area contributed by atoms with Crippen molar-refractivity contribution in [1.82, 2.24) is 14.8 Å². The number of likely N-dealkylation sites (tertiary alicyclic amines) is 1. The van der Waals surface area contributed by atoms with Crippen LogP contribution in [0.5, 0.6) is 0 Å². The number of pyridine rings is 1. The molecule has 1 aromatic heterocycles. The normalized spacial score (nSPS) is 15.6. The molecule has 26 heavy (non-hydrogen) atoms. The predicted octanol–water partition coefficient (Wildman–Crippen LogP) is 3.12. The molecule has 6 nitrogen and oxygen atoms in total. The van der Waals surface area contributed by atoms with Crippen molar-refractivity contribution in [2.24, 2.45) is 5.92 Å². The number of rotatable bonds is 5. The molecule has 0 atom stereocenters. The number of carbonyl (C=O) groups is 2. The average Bonchev–Trinajstić information content (AvgIpc) is 2.59. The molecule has 2 heterocycles. The molecule has 0 saturated carbocycles. The summed E-state index contributed by atoms with van der Waals surface area (Å²) in [5.41, 5.74) is 0.616. The largest absolute Gasteiger partial charge is 0.444 e. The van der Waals surface area contributed by atoms with Gasteiger partial charge in [-0.2, -0.15) is 0 Å². The minimum Gasteiger partial charge on any atom is -0.444 e. The molecule has 2 rings (SSSR count). The Morgan fingerprint density at radius 1 is 1.31 bits per heavy atom. The standard InChI is InChI=1S/C20H31N3O3/c1-20(2,3)26-19(25)22(4)15-17-9-12-23(13-10-17)18(24)8-7-16-6-5-11-21-14-16/h5-6,11,14,17H,7-10,12-13,15H2,1-4H3. The van der Waals surface area contributed by atoms with E-state index >= 15 is 0 Å². The van der Waals surface area contributed by atoms with E-state index in [1.807, 2.05) is 44.0 Å². The van der Waals surface area contributed by atoms with Crippen LogP contribution in [0, 0.1) is 5.92 Å². The van der Waals surface area contributed by atoms with Crippen molar-refractivity contribution >= 4 is 12.0 Å². The summed E-state index contributed by atoms with van der Waals surface area (Å²) in [6, 6.07) is 3.89. The second-order valence-corrected chi connectivity index (χ2v) is 8.05. The first-order valence-electron chi connectivity index (χ1n) is 9.35. The number of hydrogen-bond acceptors (Lipinski definition) is 4. The molecule has 1 fully saturated rings. The molecule has 1 saturated heterocycles. The van der Waals surface area contributed by atoms with Gasteiger partial charge in [-0.25, -0.2) is 4.79 Å². The fourth-order valence-corrected chi connectivity index (χ4v) is 3.12. The zero-order valence-electron chi connectivity index (χ0n) is 16.4. The third-order valence-corrected chi connectivity index (χ3v) is 4.55. The van der Waals surface area contributed by atoms with E-state index in [0.717, 1.165) is 37.9 Å². The second-order valence-electron chi connectivity index (χ2n) is 8.05. The van der Waals surface area contributed by atoms with Gasteiger partial charge in [-0.1, -0.05) is 6.07 Å². The van der Waals surface area contributed by atoms with Crippen LogP contribution in [-0.2, 0) is 16.0 Å². The van der Waals surface area contributed by atoms with Crippen LogP contribution < -0.4 is 0 Å². The Morgan fingerprint density at radius 2 is 2.00 bits per heavy atom. The average molecular weight is 361 g/mol. The molecule has 0 aliphatic carbocycles. The maximum Gasteiger partial charge on any atom is 0.410 e. The lowest BCUT2D eigenvalue weighted by molar-refractivity contribution is -0.132. The number of ether oxygens (including phenoxy) is 1.